The van der Waals surface area contributed by atoms with Crippen LogP contribution in [0, 0.1) is 0 Å². The normalized spacial score (nSPS) is 36.8. The van der Waals surface area contributed by atoms with Gasteiger partial charge in [-0.05, 0) is 25.7 Å². The quantitative estimate of drug-likeness (QED) is 0.707. The van der Waals surface area contributed by atoms with Crippen molar-refractivity contribution in [2.45, 2.75) is 49.7 Å². The Balaban J connectivity index is 1.88. The molecule has 2 fully saturated rings. The average molecular weight is 267 g/mol. The van der Waals surface area contributed by atoms with Gasteiger partial charge in [0.1, 0.15) is 17.9 Å². The van der Waals surface area contributed by atoms with Crippen molar-refractivity contribution in [3.8, 4) is 0 Å². The highest BCUT2D eigenvalue weighted by molar-refractivity contribution is 5.62. The molecule has 1 unspecified atom stereocenters. The fourth-order valence-electron chi connectivity index (χ4n) is 2.50. The average Bonchev–Trinajstić information content (AvgIpc) is 2.66. The first-order valence-corrected chi connectivity index (χ1v) is 5.77. The van der Waals surface area contributed by atoms with Crippen LogP contribution in [-0.2, 0) is 4.74 Å². The molecule has 8 heteroatoms. The second-order valence-corrected chi connectivity index (χ2v) is 4.75. The van der Waals surface area contributed by atoms with Gasteiger partial charge in [0, 0.05) is 6.04 Å². The number of halogens is 3. The van der Waals surface area contributed by atoms with Crippen LogP contribution in [0.4, 0.5) is 18.0 Å². The van der Waals surface area contributed by atoms with Gasteiger partial charge in [0.15, 0.2) is 0 Å². The Morgan fingerprint density at radius 2 is 2.00 bits per heavy atom. The van der Waals surface area contributed by atoms with Crippen molar-refractivity contribution >= 4 is 6.09 Å². The lowest BCUT2D eigenvalue weighted by Crippen LogP contribution is -2.54. The van der Waals surface area contributed by atoms with Crippen molar-refractivity contribution in [3.63, 3.8) is 0 Å². The van der Waals surface area contributed by atoms with Gasteiger partial charge in [0.25, 0.3) is 0 Å². The smallest absolute Gasteiger partial charge is 0.406 e. The minimum Gasteiger partial charge on any atom is -0.530 e. The Morgan fingerprint density at radius 1 is 1.39 bits per heavy atom. The number of nitrogens with one attached hydrogen (secondary N) is 2. The Kier molecular flexibility index (Phi) is 3.41. The lowest BCUT2D eigenvalue weighted by atomic mass is 9.88. The van der Waals surface area contributed by atoms with Crippen LogP contribution in [0.25, 0.3) is 0 Å². The van der Waals surface area contributed by atoms with Gasteiger partial charge >= 0.3 is 6.18 Å². The first-order valence-electron chi connectivity index (χ1n) is 5.77. The van der Waals surface area contributed by atoms with Crippen molar-refractivity contribution in [3.05, 3.63) is 0 Å². The number of hydrogen-bond donors (Lipinski definition) is 2. The fourth-order valence-corrected chi connectivity index (χ4v) is 2.50. The van der Waals surface area contributed by atoms with Crippen LogP contribution in [0.5, 0.6) is 0 Å². The molecule has 0 radical (unpaired) electrons. The van der Waals surface area contributed by atoms with Crippen LogP contribution in [0.15, 0.2) is 0 Å². The third-order valence-electron chi connectivity index (χ3n) is 3.47. The molecule has 0 aromatic carbocycles. The molecule has 104 valence electrons. The zero-order valence-corrected chi connectivity index (χ0v) is 9.55. The minimum atomic E-state index is -4.32. The van der Waals surface area contributed by atoms with Crippen LogP contribution >= 0.6 is 0 Å². The Hall–Kier alpha value is -1.02. The van der Waals surface area contributed by atoms with E-state index >= 15 is 0 Å². The summed E-state index contributed by atoms with van der Waals surface area (Å²) in [4.78, 5) is 10.3. The molecule has 1 saturated heterocycles. The first-order chi connectivity index (χ1) is 8.31. The second kappa shape index (κ2) is 4.58. The molecule has 2 N–H and O–H groups in total. The molecule has 1 atom stereocenters. The zero-order chi connectivity index (χ0) is 13.4. The van der Waals surface area contributed by atoms with E-state index in [4.69, 9.17) is 4.74 Å². The fraction of sp³-hybridized carbons (Fsp3) is 0.900. The highest BCUT2D eigenvalue weighted by Crippen LogP contribution is 2.36. The Bertz CT molecular complexity index is 327. The molecule has 0 aromatic rings. The van der Waals surface area contributed by atoms with Crippen molar-refractivity contribution in [2.24, 2.45) is 0 Å². The predicted molar refractivity (Wildman–Crippen MR) is 52.4 cm³/mol. The molecule has 1 spiro atoms. The number of carbonyl (C=O) groups is 1. The lowest BCUT2D eigenvalue weighted by Gasteiger charge is -2.37. The molecule has 1 saturated carbocycles. The number of rotatable bonds is 1. The molecule has 5 nitrogen and oxygen atoms in total. The van der Waals surface area contributed by atoms with Gasteiger partial charge in [-0.15, -0.1) is 0 Å². The molecule has 1 amide bonds. The first kappa shape index (κ1) is 13.4. The molecular weight excluding hydrogens is 253 g/mol. The highest BCUT2D eigenvalue weighted by atomic mass is 19.4. The summed E-state index contributed by atoms with van der Waals surface area (Å²) in [6.07, 6.45) is -4.10. The van der Waals surface area contributed by atoms with E-state index in [0.717, 1.165) is 0 Å². The molecule has 0 bridgehead atoms. The maximum absolute atomic E-state index is 12.5. The van der Waals surface area contributed by atoms with E-state index in [0.29, 0.717) is 25.7 Å². The van der Waals surface area contributed by atoms with E-state index in [1.807, 2.05) is 0 Å². The predicted octanol–water partition coefficient (Wildman–Crippen LogP) is 0.109. The molecule has 1 heterocycles. The van der Waals surface area contributed by atoms with Crippen molar-refractivity contribution in [1.29, 1.82) is 0 Å². The van der Waals surface area contributed by atoms with E-state index in [2.05, 4.69) is 10.6 Å². The largest absolute Gasteiger partial charge is 0.530 e. The van der Waals surface area contributed by atoms with Crippen LogP contribution in [0.3, 0.4) is 0 Å². The monoisotopic (exact) mass is 267 g/mol. The second-order valence-electron chi connectivity index (χ2n) is 4.75. The number of hydrogen-bond acceptors (Lipinski definition) is 4. The SMILES string of the molecule is O=C([O-])NC1CCC2(CC1)NC(C(F)(F)F)CO2. The Morgan fingerprint density at radius 3 is 2.44 bits per heavy atom. The molecule has 1 aliphatic carbocycles. The van der Waals surface area contributed by atoms with Crippen LogP contribution < -0.4 is 15.7 Å². The molecule has 1 aliphatic heterocycles. The third-order valence-corrected chi connectivity index (χ3v) is 3.47. The van der Waals surface area contributed by atoms with Gasteiger partial charge in [-0.2, -0.15) is 13.2 Å². The van der Waals surface area contributed by atoms with Crippen LogP contribution in [0.1, 0.15) is 25.7 Å². The van der Waals surface area contributed by atoms with Gasteiger partial charge < -0.3 is 20.0 Å². The number of amides is 1. The maximum Gasteiger partial charge on any atom is 0.406 e. The summed E-state index contributed by atoms with van der Waals surface area (Å²) in [6, 6.07) is -1.90. The summed E-state index contributed by atoms with van der Waals surface area (Å²) < 4.78 is 42.8. The highest BCUT2D eigenvalue weighted by Gasteiger charge is 2.51. The van der Waals surface area contributed by atoms with Gasteiger partial charge in [-0.3, -0.25) is 5.32 Å². The van der Waals surface area contributed by atoms with Crippen molar-refractivity contribution < 1.29 is 27.8 Å². The summed E-state index contributed by atoms with van der Waals surface area (Å²) in [5.41, 5.74) is -0.954. The number of ether oxygens (including phenoxy) is 1. The summed E-state index contributed by atoms with van der Waals surface area (Å²) in [5, 5.41) is 15.1. The van der Waals surface area contributed by atoms with Gasteiger partial charge in [0.2, 0.25) is 0 Å². The molecule has 2 aliphatic rings. The third kappa shape index (κ3) is 2.86. The van der Waals surface area contributed by atoms with E-state index < -0.39 is 24.0 Å². The topological polar surface area (TPSA) is 73.4 Å². The summed E-state index contributed by atoms with van der Waals surface area (Å²) >= 11 is 0. The minimum absolute atomic E-state index is 0.268. The summed E-state index contributed by atoms with van der Waals surface area (Å²) in [5.74, 6) is 0. The standard InChI is InChI=1S/C10H15F3N2O3/c11-10(12,13)7-5-18-9(15-7)3-1-6(2-4-9)14-8(16)17/h6-7,14-15H,1-5H2,(H,16,17)/p-1. The van der Waals surface area contributed by atoms with Gasteiger partial charge in [-0.25, -0.2) is 0 Å². The number of carbonyl (C=O) groups excluding carboxylic acids is 1. The molecule has 18 heavy (non-hydrogen) atoms. The molecular formula is C10H14F3N2O3-. The zero-order valence-electron chi connectivity index (χ0n) is 9.55. The van der Waals surface area contributed by atoms with Crippen LogP contribution in [-0.4, -0.2) is 36.7 Å². The Labute approximate surface area is 102 Å². The van der Waals surface area contributed by atoms with Gasteiger partial charge in [-0.1, -0.05) is 0 Å². The van der Waals surface area contributed by atoms with Crippen molar-refractivity contribution in [2.75, 3.05) is 6.61 Å². The van der Waals surface area contributed by atoms with Crippen molar-refractivity contribution in [1.82, 2.24) is 10.6 Å². The summed E-state index contributed by atoms with van der Waals surface area (Å²) in [7, 11) is 0. The van der Waals surface area contributed by atoms with E-state index in [1.165, 1.54) is 0 Å². The molecule has 2 rings (SSSR count). The summed E-state index contributed by atoms with van der Waals surface area (Å²) in [6.45, 7) is -0.387. The van der Waals surface area contributed by atoms with E-state index in [-0.39, 0.29) is 12.6 Å². The number of alkyl halides is 3. The lowest BCUT2D eigenvalue weighted by molar-refractivity contribution is -0.252. The maximum atomic E-state index is 12.5. The van der Waals surface area contributed by atoms with Crippen LogP contribution in [0.2, 0.25) is 0 Å². The van der Waals surface area contributed by atoms with E-state index in [1.54, 1.807) is 0 Å². The van der Waals surface area contributed by atoms with E-state index in [9.17, 15) is 23.1 Å². The number of carboxylic acid groups (broad SMARTS) is 1. The molecule has 0 aromatic heterocycles. The van der Waals surface area contributed by atoms with Gasteiger partial charge in [0.05, 0.1) is 6.61 Å².